The minimum atomic E-state index is -1.50. The first kappa shape index (κ1) is 37.7. The zero-order valence-electron chi connectivity index (χ0n) is 23.9. The molecule has 0 amide bonds. The van der Waals surface area contributed by atoms with Crippen molar-refractivity contribution in [3.05, 3.63) is 121 Å². The van der Waals surface area contributed by atoms with Crippen molar-refractivity contribution in [2.75, 3.05) is 32.5 Å². The standard InChI is InChI=1S/C28H29NP2.C4H7FO2.CHO.ClH.Ru.H/c1-5-13-25(14-6-1)30(26-15-7-2-8-16-26)23-21-29-22-24-31(27-17-9-3-10-18-27)28-19-11-4-12-20-28;1-3(5)4(6)7-2;1-2;;;/h1-20,29H,21-24H2;3H,1-2H3;1H;1H;;/q;;-1;;+3;/p+1/t;3-;;;;/m.1..../s1. The van der Waals surface area contributed by atoms with Crippen LogP contribution in [0.4, 0.5) is 4.39 Å². The largest absolute Gasteiger partial charge is 0.310 e. The molecule has 0 aliphatic heterocycles. The van der Waals surface area contributed by atoms with E-state index in [0.29, 0.717) is 0 Å². The number of alkyl halides is 1. The smallest absolute Gasteiger partial charge is 0.0967 e. The molecule has 0 aliphatic carbocycles. The molecule has 0 spiro atoms. The van der Waals surface area contributed by atoms with Crippen LogP contribution in [0.25, 0.3) is 0 Å². The molecule has 4 nitrogen and oxygen atoms in total. The number of ether oxygens (including phenoxy) is 1. The van der Waals surface area contributed by atoms with E-state index in [-0.39, 0.29) is 0 Å². The third kappa shape index (κ3) is 14.2. The van der Waals surface area contributed by atoms with Crippen molar-refractivity contribution < 1.29 is 36.0 Å². The van der Waals surface area contributed by atoms with Crippen molar-refractivity contribution in [1.82, 2.24) is 5.32 Å². The minimum Gasteiger partial charge on any atom is -0.310 e. The van der Waals surface area contributed by atoms with Crippen LogP contribution in [0.5, 0.6) is 0 Å². The normalized spacial score (nSPS) is 10.6. The van der Waals surface area contributed by atoms with E-state index in [0.717, 1.165) is 27.1 Å². The molecule has 1 atom stereocenters. The first-order valence-electron chi connectivity index (χ1n) is 13.3. The molecule has 4 aromatic rings. The SMILES string of the molecule is COC(=O)[C@@H](C)F.[CH-]=O.[Cl][RuH+2].c1ccc([PH+](CCNCC[PH+](c2ccccc2)c2ccccc2)c2ccccc2)cc1. The summed E-state index contributed by atoms with van der Waals surface area (Å²) in [6, 6.07) is 44.2. The summed E-state index contributed by atoms with van der Waals surface area (Å²) in [6.07, 6.45) is 0.916. The maximum absolute atomic E-state index is 11.6. The van der Waals surface area contributed by atoms with Crippen LogP contribution in [0, 0.1) is 0 Å². The summed E-state index contributed by atoms with van der Waals surface area (Å²) < 4.78 is 15.6. The van der Waals surface area contributed by atoms with Crippen LogP contribution in [-0.4, -0.2) is 51.5 Å². The predicted molar refractivity (Wildman–Crippen MR) is 180 cm³/mol. The maximum Gasteiger partial charge on any atom is 0.0967 e. The molecule has 224 valence electrons. The van der Waals surface area contributed by atoms with Crippen molar-refractivity contribution in [3.63, 3.8) is 0 Å². The van der Waals surface area contributed by atoms with Crippen LogP contribution in [0.2, 0.25) is 0 Å². The van der Waals surface area contributed by atoms with Gasteiger partial charge < -0.3 is 14.8 Å². The average molecular weight is 716 g/mol. The summed E-state index contributed by atoms with van der Waals surface area (Å²) in [5, 5.41) is 9.77. The van der Waals surface area contributed by atoms with E-state index in [2.05, 4.69) is 148 Å². The fraction of sp³-hybridized carbons (Fsp3) is 0.212. The summed E-state index contributed by atoms with van der Waals surface area (Å²) in [6.45, 7) is 6.51. The van der Waals surface area contributed by atoms with Crippen molar-refractivity contribution in [1.29, 1.82) is 0 Å². The number of halogens is 2. The number of carbonyl (C=O) groups is 1. The summed E-state index contributed by atoms with van der Waals surface area (Å²) >= 11 is 1.62. The van der Waals surface area contributed by atoms with E-state index in [4.69, 9.17) is 4.79 Å². The van der Waals surface area contributed by atoms with Gasteiger partial charge in [-0.3, -0.25) is 6.79 Å². The fourth-order valence-electron chi connectivity index (χ4n) is 4.18. The maximum atomic E-state index is 11.6. The molecule has 0 aliphatic rings. The molecule has 4 rings (SSSR count). The quantitative estimate of drug-likeness (QED) is 0.0596. The van der Waals surface area contributed by atoms with Gasteiger partial charge in [0.1, 0.15) is 0 Å². The molecule has 0 bridgehead atoms. The van der Waals surface area contributed by atoms with Crippen molar-refractivity contribution >= 4 is 59.5 Å². The van der Waals surface area contributed by atoms with Gasteiger partial charge in [-0.25, -0.2) is 9.18 Å². The van der Waals surface area contributed by atoms with Gasteiger partial charge >= 0.3 is 33.0 Å². The Morgan fingerprint density at radius 2 is 0.976 bits per heavy atom. The number of rotatable bonds is 11. The van der Waals surface area contributed by atoms with E-state index >= 15 is 0 Å². The van der Waals surface area contributed by atoms with Crippen molar-refractivity contribution in [3.8, 4) is 0 Å². The average Bonchev–Trinajstić information content (AvgIpc) is 3.08. The number of benzene rings is 4. The third-order valence-electron chi connectivity index (χ3n) is 6.12. The fourth-order valence-corrected chi connectivity index (χ4v) is 9.24. The first-order valence-corrected chi connectivity index (χ1v) is 19.1. The molecule has 9 heteroatoms. The van der Waals surface area contributed by atoms with Crippen LogP contribution >= 0.6 is 25.5 Å². The molecule has 1 N–H and O–H groups in total. The molecule has 42 heavy (non-hydrogen) atoms. The Labute approximate surface area is 266 Å². The van der Waals surface area contributed by atoms with Crippen molar-refractivity contribution in [2.24, 2.45) is 0 Å². The molecular formula is C33H40ClFNO3P2Ru+3. The van der Waals surface area contributed by atoms with Gasteiger partial charge in [-0.15, -0.1) is 0 Å². The second-order valence-corrected chi connectivity index (χ2v) is 14.0. The molecule has 0 saturated carbocycles. The van der Waals surface area contributed by atoms with E-state index in [1.807, 2.05) is 0 Å². The summed E-state index contributed by atoms with van der Waals surface area (Å²) in [4.78, 5) is 17.7. The van der Waals surface area contributed by atoms with Gasteiger partial charge in [0.15, 0.2) is 6.17 Å². The third-order valence-corrected chi connectivity index (χ3v) is 11.7. The first-order chi connectivity index (χ1) is 20.6. The monoisotopic (exact) mass is 716 g/mol. The predicted octanol–water partition coefficient (Wildman–Crippen LogP) is 4.97. The summed E-state index contributed by atoms with van der Waals surface area (Å²) in [5.41, 5.74) is 0. The van der Waals surface area contributed by atoms with Crippen LogP contribution in [0.1, 0.15) is 6.92 Å². The number of esters is 1. The van der Waals surface area contributed by atoms with E-state index in [9.17, 15) is 9.18 Å². The Hall–Kier alpha value is -2.32. The number of hydrogen-bond acceptors (Lipinski definition) is 4. The van der Waals surface area contributed by atoms with Crippen LogP contribution in [-0.2, 0) is 31.6 Å². The molecule has 0 unspecified atom stereocenters. The molecule has 0 aromatic heterocycles. The topological polar surface area (TPSA) is 55.4 Å². The van der Waals surface area contributed by atoms with Gasteiger partial charge in [0, 0.05) is 13.1 Å². The molecule has 4 aromatic carbocycles. The zero-order valence-corrected chi connectivity index (χ0v) is 28.5. The Morgan fingerprint density at radius 3 is 1.17 bits per heavy atom. The Kier molecular flexibility index (Phi) is 21.7. The second-order valence-electron chi connectivity index (χ2n) is 8.81. The van der Waals surface area contributed by atoms with Gasteiger partial charge in [-0.1, -0.05) is 72.8 Å². The van der Waals surface area contributed by atoms with Gasteiger partial charge in [0.2, 0.25) is 0 Å². The summed E-state index contributed by atoms with van der Waals surface area (Å²) in [7, 11) is 4.24. The minimum absolute atomic E-state index is 0.758. The van der Waals surface area contributed by atoms with Crippen molar-refractivity contribution in [2.45, 2.75) is 13.1 Å². The van der Waals surface area contributed by atoms with E-state index in [1.54, 1.807) is 17.3 Å². The Bertz CT molecular complexity index is 1050. The van der Waals surface area contributed by atoms with E-state index in [1.165, 1.54) is 33.5 Å². The number of hydrogen-bond donors (Lipinski definition) is 1. The molecule has 0 heterocycles. The molecule has 0 radical (unpaired) electrons. The van der Waals surface area contributed by atoms with Crippen LogP contribution in [0.15, 0.2) is 121 Å². The molecule has 0 saturated heterocycles. The number of carbonyl (C=O) groups excluding carboxylic acids is 2. The van der Waals surface area contributed by atoms with Gasteiger partial charge in [-0.05, 0) is 55.5 Å². The number of methoxy groups -OCH3 is 1. The zero-order chi connectivity index (χ0) is 31.0. The molecular weight excluding hydrogens is 676 g/mol. The summed E-state index contributed by atoms with van der Waals surface area (Å²) in [5.74, 6) is -0.819. The Balaban J connectivity index is 0.000000696. The van der Waals surface area contributed by atoms with E-state index < -0.39 is 28.0 Å². The van der Waals surface area contributed by atoms with Crippen LogP contribution < -0.4 is 26.5 Å². The van der Waals surface area contributed by atoms with Gasteiger partial charge in [0.25, 0.3) is 0 Å². The number of nitrogens with one attached hydrogen (secondary N) is 1. The van der Waals surface area contributed by atoms with Gasteiger partial charge in [0.05, 0.1) is 56.5 Å². The molecule has 0 fully saturated rings. The Morgan fingerprint density at radius 1 is 0.714 bits per heavy atom. The van der Waals surface area contributed by atoms with Gasteiger partial charge in [-0.2, -0.15) is 0 Å². The van der Waals surface area contributed by atoms with Crippen LogP contribution in [0.3, 0.4) is 0 Å². The second kappa shape index (κ2) is 24.2.